The molecule has 0 aliphatic rings. The van der Waals surface area contributed by atoms with Crippen LogP contribution in [0.5, 0.6) is 0 Å². The van der Waals surface area contributed by atoms with Crippen LogP contribution in [-0.2, 0) is 0 Å². The highest BCUT2D eigenvalue weighted by Crippen LogP contribution is 2.16. The van der Waals surface area contributed by atoms with Crippen molar-refractivity contribution in [3.8, 4) is 0 Å². The van der Waals surface area contributed by atoms with Crippen molar-refractivity contribution < 1.29 is 0 Å². The van der Waals surface area contributed by atoms with E-state index in [1.165, 1.54) is 11.1 Å². The normalized spacial score (nSPS) is 12.8. The van der Waals surface area contributed by atoms with Gasteiger partial charge >= 0.3 is 0 Å². The van der Waals surface area contributed by atoms with E-state index in [1.807, 2.05) is 19.1 Å². The first kappa shape index (κ1) is 11.9. The lowest BCUT2D eigenvalue weighted by molar-refractivity contribution is 0.946. The van der Waals surface area contributed by atoms with Crippen LogP contribution in [0.2, 0.25) is 0 Å². The van der Waals surface area contributed by atoms with E-state index in [2.05, 4.69) is 20.1 Å². The summed E-state index contributed by atoms with van der Waals surface area (Å²) in [4.78, 5) is 0. The van der Waals surface area contributed by atoms with Crippen molar-refractivity contribution in [2.24, 2.45) is 5.73 Å². The number of allylic oxidation sites excluding steroid dienone is 5. The summed E-state index contributed by atoms with van der Waals surface area (Å²) in [7, 11) is 0. The molecule has 0 saturated heterocycles. The molecule has 0 rings (SSSR count). The highest BCUT2D eigenvalue weighted by Gasteiger charge is 1.99. The minimum atomic E-state index is 0.668. The van der Waals surface area contributed by atoms with Crippen LogP contribution in [0.15, 0.2) is 48.1 Å². The van der Waals surface area contributed by atoms with Crippen LogP contribution < -0.4 is 5.73 Å². The molecule has 0 aromatic rings. The van der Waals surface area contributed by atoms with Gasteiger partial charge in [-0.15, -0.1) is 0 Å². The van der Waals surface area contributed by atoms with Crippen LogP contribution in [0, 0.1) is 0 Å². The lowest BCUT2D eigenvalue weighted by Gasteiger charge is -2.07. The minimum absolute atomic E-state index is 0.668. The molecule has 2 N–H and O–H groups in total. The Hall–Kier alpha value is -1.08. The molecule has 0 aliphatic heterocycles. The molecular weight excluding hydrogens is 158 g/mol. The van der Waals surface area contributed by atoms with Gasteiger partial charge in [-0.25, -0.2) is 0 Å². The number of rotatable bonds is 5. The van der Waals surface area contributed by atoms with E-state index >= 15 is 0 Å². The fourth-order valence-corrected chi connectivity index (χ4v) is 1.20. The Bertz CT molecular complexity index is 244. The van der Waals surface area contributed by atoms with Gasteiger partial charge in [-0.1, -0.05) is 37.0 Å². The summed E-state index contributed by atoms with van der Waals surface area (Å²) in [6.45, 7) is 12.3. The number of hydrogen-bond acceptors (Lipinski definition) is 1. The zero-order valence-electron chi connectivity index (χ0n) is 8.64. The van der Waals surface area contributed by atoms with Crippen molar-refractivity contribution >= 4 is 0 Å². The Labute approximate surface area is 81.3 Å². The number of nitrogens with two attached hydrogens (primary N) is 1. The van der Waals surface area contributed by atoms with Gasteiger partial charge in [0.05, 0.1) is 0 Å². The maximum Gasteiger partial charge on any atom is -0.00365 e. The van der Waals surface area contributed by atoms with Crippen LogP contribution >= 0.6 is 0 Å². The maximum absolute atomic E-state index is 5.51. The second-order valence-corrected chi connectivity index (χ2v) is 3.08. The average molecular weight is 177 g/mol. The van der Waals surface area contributed by atoms with Crippen LogP contribution in [0.3, 0.4) is 0 Å². The highest BCUT2D eigenvalue weighted by molar-refractivity contribution is 5.37. The lowest BCUT2D eigenvalue weighted by atomic mass is 10.00. The predicted molar refractivity (Wildman–Crippen MR) is 60.5 cm³/mol. The largest absolute Gasteiger partial charge is 0.330 e. The predicted octanol–water partition coefficient (Wildman–Crippen LogP) is 2.97. The lowest BCUT2D eigenvalue weighted by Crippen LogP contribution is -2.02. The Morgan fingerprint density at radius 1 is 1.38 bits per heavy atom. The van der Waals surface area contributed by atoms with Gasteiger partial charge in [0.1, 0.15) is 0 Å². The van der Waals surface area contributed by atoms with E-state index < -0.39 is 0 Å². The van der Waals surface area contributed by atoms with Crippen LogP contribution in [0.4, 0.5) is 0 Å². The molecule has 0 spiro atoms. The van der Waals surface area contributed by atoms with Crippen LogP contribution in [0.25, 0.3) is 0 Å². The Morgan fingerprint density at radius 2 is 2.00 bits per heavy atom. The topological polar surface area (TPSA) is 26.0 Å². The van der Waals surface area contributed by atoms with Crippen molar-refractivity contribution in [3.63, 3.8) is 0 Å². The van der Waals surface area contributed by atoms with E-state index in [9.17, 15) is 0 Å². The zero-order valence-corrected chi connectivity index (χ0v) is 8.64. The maximum atomic E-state index is 5.51. The molecule has 1 nitrogen and oxygen atoms in total. The summed E-state index contributed by atoms with van der Waals surface area (Å²) in [6, 6.07) is 0. The van der Waals surface area contributed by atoms with Gasteiger partial charge < -0.3 is 5.73 Å². The van der Waals surface area contributed by atoms with Gasteiger partial charge in [-0.2, -0.15) is 0 Å². The smallest absolute Gasteiger partial charge is 0.00365 e. The fraction of sp³-hybridized carbons (Fsp3) is 0.333. The molecule has 0 bridgehead atoms. The quantitative estimate of drug-likeness (QED) is 0.642. The molecule has 0 atom stereocenters. The average Bonchev–Trinajstić information content (AvgIpc) is 2.09. The molecule has 0 radical (unpaired) electrons. The molecule has 0 unspecified atom stereocenters. The summed E-state index contributed by atoms with van der Waals surface area (Å²) in [5, 5.41) is 0. The van der Waals surface area contributed by atoms with Crippen molar-refractivity contribution in [2.45, 2.75) is 20.3 Å². The SMILES string of the molecule is C=C/C=C\C(C)=C(\CCN)C(=C)C. The Morgan fingerprint density at radius 3 is 2.38 bits per heavy atom. The first-order valence-corrected chi connectivity index (χ1v) is 4.48. The Balaban J connectivity index is 4.73. The minimum Gasteiger partial charge on any atom is -0.330 e. The van der Waals surface area contributed by atoms with Crippen LogP contribution in [0.1, 0.15) is 20.3 Å². The molecule has 0 aliphatic carbocycles. The van der Waals surface area contributed by atoms with E-state index in [-0.39, 0.29) is 0 Å². The molecule has 0 heterocycles. The number of hydrogen-bond donors (Lipinski definition) is 1. The Kier molecular flexibility index (Phi) is 5.90. The molecule has 0 amide bonds. The molecule has 0 saturated carbocycles. The van der Waals surface area contributed by atoms with Crippen molar-refractivity contribution in [3.05, 3.63) is 48.1 Å². The van der Waals surface area contributed by atoms with E-state index in [0.717, 1.165) is 12.0 Å². The summed E-state index contributed by atoms with van der Waals surface area (Å²) < 4.78 is 0. The van der Waals surface area contributed by atoms with E-state index in [1.54, 1.807) is 6.08 Å². The van der Waals surface area contributed by atoms with Crippen molar-refractivity contribution in [1.29, 1.82) is 0 Å². The zero-order chi connectivity index (χ0) is 10.3. The third kappa shape index (κ3) is 4.48. The van der Waals surface area contributed by atoms with Gasteiger partial charge in [-0.05, 0) is 38.0 Å². The fourth-order valence-electron chi connectivity index (χ4n) is 1.20. The highest BCUT2D eigenvalue weighted by atomic mass is 14.5. The second-order valence-electron chi connectivity index (χ2n) is 3.08. The molecule has 0 aromatic carbocycles. The van der Waals surface area contributed by atoms with Crippen LogP contribution in [-0.4, -0.2) is 6.54 Å². The summed E-state index contributed by atoms with van der Waals surface area (Å²) in [5.74, 6) is 0. The monoisotopic (exact) mass is 177 g/mol. The van der Waals surface area contributed by atoms with Gasteiger partial charge in [0.25, 0.3) is 0 Å². The molecule has 13 heavy (non-hydrogen) atoms. The van der Waals surface area contributed by atoms with Crippen molar-refractivity contribution in [2.75, 3.05) is 6.54 Å². The van der Waals surface area contributed by atoms with Gasteiger partial charge in [-0.3, -0.25) is 0 Å². The molecular formula is C12H19N. The first-order valence-electron chi connectivity index (χ1n) is 4.48. The summed E-state index contributed by atoms with van der Waals surface area (Å²) >= 11 is 0. The van der Waals surface area contributed by atoms with Crippen molar-refractivity contribution in [1.82, 2.24) is 0 Å². The van der Waals surface area contributed by atoms with Gasteiger partial charge in [0.2, 0.25) is 0 Å². The van der Waals surface area contributed by atoms with E-state index in [0.29, 0.717) is 6.54 Å². The third-order valence-electron chi connectivity index (χ3n) is 1.87. The molecule has 0 aromatic heterocycles. The first-order chi connectivity index (χ1) is 6.13. The summed E-state index contributed by atoms with van der Waals surface area (Å²) in [5.41, 5.74) is 9.08. The standard InChI is InChI=1S/C12H19N/c1-5-6-7-11(4)12(8-9-13)10(2)3/h5-7H,1-2,8-9,13H2,3-4H3/b7-6-,12-11-. The second kappa shape index (κ2) is 6.44. The molecule has 1 heteroatoms. The molecule has 72 valence electrons. The molecule has 0 fully saturated rings. The third-order valence-corrected chi connectivity index (χ3v) is 1.87. The summed E-state index contributed by atoms with van der Waals surface area (Å²) in [6.07, 6.45) is 6.62. The van der Waals surface area contributed by atoms with Gasteiger partial charge in [0, 0.05) is 0 Å². The van der Waals surface area contributed by atoms with E-state index in [4.69, 9.17) is 5.73 Å². The van der Waals surface area contributed by atoms with Gasteiger partial charge in [0.15, 0.2) is 0 Å².